The largest absolute Gasteiger partial charge is 0.745 e. The van der Waals surface area contributed by atoms with Crippen LogP contribution in [0.4, 0.5) is 0 Å². The molecular weight excluding hydrogens is 392 g/mol. The predicted octanol–water partition coefficient (Wildman–Crippen LogP) is 8.52. The van der Waals surface area contributed by atoms with Gasteiger partial charge < -0.3 is 28.8 Å². The Morgan fingerprint density at radius 1 is 0.586 bits per heavy atom. The fourth-order valence-corrected chi connectivity index (χ4v) is 4.30. The number of rotatable bonds is 12. The summed E-state index contributed by atoms with van der Waals surface area (Å²) in [4.78, 5) is 0. The molecule has 0 saturated carbocycles. The van der Waals surface area contributed by atoms with Crippen LogP contribution in [-0.2, 0) is 55.6 Å². The van der Waals surface area contributed by atoms with Gasteiger partial charge in [0.1, 0.15) is 0 Å². The monoisotopic (exact) mass is 438 g/mol. The van der Waals surface area contributed by atoms with Crippen LogP contribution in [0.3, 0.4) is 0 Å². The fourth-order valence-electron chi connectivity index (χ4n) is 4.30. The number of hydrogen-bond donors (Lipinski definition) is 0. The minimum atomic E-state index is 0. The summed E-state index contributed by atoms with van der Waals surface area (Å²) in [7, 11) is 0. The van der Waals surface area contributed by atoms with Gasteiger partial charge in [0.15, 0.2) is 0 Å². The molecule has 0 nitrogen and oxygen atoms in total. The fraction of sp³-hybridized carbons (Fsp3) is 0.643. The van der Waals surface area contributed by atoms with Gasteiger partial charge in [0.2, 0.25) is 0 Å². The Morgan fingerprint density at radius 2 is 1.00 bits per heavy atom. The van der Waals surface area contributed by atoms with E-state index >= 15 is 0 Å². The molecule has 0 amide bonds. The molecule has 0 heterocycles. The summed E-state index contributed by atoms with van der Waals surface area (Å²) in [6.45, 7) is 13.6. The molecule has 29 heavy (non-hydrogen) atoms. The molecule has 2 aromatic carbocycles. The Labute approximate surface area is 193 Å². The van der Waals surface area contributed by atoms with E-state index in [-0.39, 0.29) is 17.1 Å². The molecule has 1 heteroatoms. The summed E-state index contributed by atoms with van der Waals surface area (Å²) in [5, 5.41) is 0. The quantitative estimate of drug-likeness (QED) is 0.230. The van der Waals surface area contributed by atoms with Crippen LogP contribution in [0, 0.1) is 0 Å². The van der Waals surface area contributed by atoms with Gasteiger partial charge in [-0.05, 0) is 0 Å². The van der Waals surface area contributed by atoms with E-state index in [1.807, 2.05) is 0 Å². The molecule has 0 spiro atoms. The second kappa shape index (κ2) is 17.0. The van der Waals surface area contributed by atoms with Crippen molar-refractivity contribution in [2.45, 2.75) is 119 Å². The van der Waals surface area contributed by atoms with E-state index in [9.17, 15) is 0 Å². The Morgan fingerprint density at radius 3 is 1.34 bits per heavy atom. The summed E-state index contributed by atoms with van der Waals surface area (Å²) in [5.41, 5.74) is 9.65. The van der Waals surface area contributed by atoms with E-state index in [2.05, 4.69) is 65.8 Å². The van der Waals surface area contributed by atoms with Crippen molar-refractivity contribution in [1.29, 1.82) is 0 Å². The molecule has 0 saturated heterocycles. The van der Waals surface area contributed by atoms with Gasteiger partial charge in [0.25, 0.3) is 0 Å². The summed E-state index contributed by atoms with van der Waals surface area (Å²) in [6.07, 6.45) is 15.2. The van der Waals surface area contributed by atoms with Crippen LogP contribution >= 0.6 is 0 Å². The van der Waals surface area contributed by atoms with Crippen molar-refractivity contribution in [1.82, 2.24) is 0 Å². The van der Waals surface area contributed by atoms with Crippen LogP contribution in [0.2, 0.25) is 0 Å². The second-order valence-electron chi connectivity index (χ2n) is 8.28. The molecule has 0 N–H and O–H groups in total. The Balaban J connectivity index is 0.000000523. The van der Waals surface area contributed by atoms with Gasteiger partial charge in [-0.3, -0.25) is 0 Å². The van der Waals surface area contributed by atoms with Crippen LogP contribution in [0.25, 0.3) is 0 Å². The molecule has 0 aromatic heterocycles. The molecule has 0 radical (unpaired) electrons. The van der Waals surface area contributed by atoms with Crippen LogP contribution in [0.15, 0.2) is 24.3 Å². The van der Waals surface area contributed by atoms with Gasteiger partial charge in [-0.15, -0.1) is 0 Å². The van der Waals surface area contributed by atoms with Crippen molar-refractivity contribution in [3.8, 4) is 0 Å². The number of hydrogen-bond acceptors (Lipinski definition) is 0. The second-order valence-corrected chi connectivity index (χ2v) is 8.28. The third-order valence-electron chi connectivity index (χ3n) is 5.51. The zero-order chi connectivity index (χ0) is 20.8. The maximum Gasteiger partial charge on any atom is 0 e. The first-order valence-electron chi connectivity index (χ1n) is 12.2. The molecule has 0 fully saturated rings. The van der Waals surface area contributed by atoms with Crippen molar-refractivity contribution in [2.24, 2.45) is 0 Å². The summed E-state index contributed by atoms with van der Waals surface area (Å²) in [5.74, 6) is 0. The molecule has 0 aliphatic heterocycles. The van der Waals surface area contributed by atoms with Gasteiger partial charge in [0.05, 0.1) is 0 Å². The molecule has 0 unspecified atom stereocenters. The van der Waals surface area contributed by atoms with E-state index in [1.54, 1.807) is 33.4 Å². The SMILES string of the molecule is CCC[c-]1[cH-][cH-][c-](CCC)[c-]1CCC.CCCc1c[c-](CCC)cc1CCC.[Fe]. The van der Waals surface area contributed by atoms with Crippen molar-refractivity contribution in [3.63, 3.8) is 0 Å². The van der Waals surface area contributed by atoms with Crippen molar-refractivity contribution >= 4 is 0 Å². The topological polar surface area (TPSA) is 0 Å². The first kappa shape index (κ1) is 28.2. The minimum absolute atomic E-state index is 0. The normalized spacial score (nSPS) is 10.4. The Kier molecular flexibility index (Phi) is 16.5. The Hall–Kier alpha value is -0.781. The maximum absolute atomic E-state index is 2.43. The van der Waals surface area contributed by atoms with Crippen LogP contribution in [0.5, 0.6) is 0 Å². The molecule has 172 valence electrons. The molecule has 2 aromatic rings. The molecule has 0 bridgehead atoms. The van der Waals surface area contributed by atoms with E-state index in [0.29, 0.717) is 0 Å². The van der Waals surface area contributed by atoms with Crippen molar-refractivity contribution < 1.29 is 17.1 Å². The molecule has 2 rings (SSSR count). The number of aryl methyl sites for hydroxylation is 5. The van der Waals surface area contributed by atoms with Gasteiger partial charge in [-0.1, -0.05) is 99.3 Å². The zero-order valence-electron chi connectivity index (χ0n) is 20.1. The molecule has 0 atom stereocenters. The average molecular weight is 439 g/mol. The summed E-state index contributed by atoms with van der Waals surface area (Å²) in [6, 6.07) is 9.55. The van der Waals surface area contributed by atoms with E-state index in [1.165, 1.54) is 77.0 Å². The van der Waals surface area contributed by atoms with Crippen molar-refractivity contribution in [2.75, 3.05) is 0 Å². The molecule has 0 aliphatic rings. The zero-order valence-corrected chi connectivity index (χ0v) is 21.3. The van der Waals surface area contributed by atoms with Crippen LogP contribution in [0.1, 0.15) is 113 Å². The summed E-state index contributed by atoms with van der Waals surface area (Å²) >= 11 is 0. The smallest absolute Gasteiger partial charge is 0 e. The third kappa shape index (κ3) is 9.71. The average Bonchev–Trinajstić information content (AvgIpc) is 3.23. The minimum Gasteiger partial charge on any atom is -0.745 e. The summed E-state index contributed by atoms with van der Waals surface area (Å²) < 4.78 is 0. The molecular formula is C28H46Fe-6. The van der Waals surface area contributed by atoms with Gasteiger partial charge in [-0.2, -0.15) is 28.8 Å². The van der Waals surface area contributed by atoms with Gasteiger partial charge in [-0.25, -0.2) is 19.3 Å². The van der Waals surface area contributed by atoms with Crippen LogP contribution in [-0.4, -0.2) is 0 Å². The Bertz CT molecular complexity index is 574. The maximum atomic E-state index is 2.43. The first-order valence-corrected chi connectivity index (χ1v) is 12.2. The van der Waals surface area contributed by atoms with E-state index in [4.69, 9.17) is 0 Å². The first-order chi connectivity index (χ1) is 13.6. The third-order valence-corrected chi connectivity index (χ3v) is 5.51. The van der Waals surface area contributed by atoms with Crippen LogP contribution < -0.4 is 0 Å². The standard InChI is InChI=1S/2C14H23.Fe/c1-4-7-12-10-13(8-5-2)14(11-12)9-6-3;1-4-7-12-10-11-13(8-5-2)14(12)9-6-3;/h2*10-11H,4-9H2,1-3H3;/q-1;-5;. The predicted molar refractivity (Wildman–Crippen MR) is 128 cm³/mol. The van der Waals surface area contributed by atoms with E-state index < -0.39 is 0 Å². The van der Waals surface area contributed by atoms with Gasteiger partial charge >= 0.3 is 0 Å². The van der Waals surface area contributed by atoms with E-state index in [0.717, 1.165) is 0 Å². The molecule has 0 aliphatic carbocycles. The van der Waals surface area contributed by atoms with Crippen molar-refractivity contribution in [3.05, 3.63) is 57.6 Å². The van der Waals surface area contributed by atoms with Gasteiger partial charge in [0, 0.05) is 17.1 Å².